The number of halogens is 1. The van der Waals surface area contributed by atoms with Crippen LogP contribution in [0.3, 0.4) is 0 Å². The van der Waals surface area contributed by atoms with Crippen molar-refractivity contribution in [1.29, 1.82) is 5.26 Å². The number of carbonyl (C=O) groups excluding carboxylic acids is 1. The van der Waals surface area contributed by atoms with E-state index < -0.39 is 18.3 Å². The second kappa shape index (κ2) is 5.26. The van der Waals surface area contributed by atoms with Crippen LogP contribution in [0.15, 0.2) is 0 Å². The van der Waals surface area contributed by atoms with Crippen LogP contribution in [0.25, 0.3) is 0 Å². The quantitative estimate of drug-likeness (QED) is 0.776. The predicted molar refractivity (Wildman–Crippen MR) is 58.1 cm³/mol. The number of hydrogen-bond donors (Lipinski definition) is 1. The molecule has 1 amide bonds. The molecule has 1 heterocycles. The first-order chi connectivity index (χ1) is 7.51. The summed E-state index contributed by atoms with van der Waals surface area (Å²) in [5.74, 6) is -0.258. The number of nitrogens with two attached hydrogens (primary N) is 1. The number of likely N-dealkylation sites (tertiary alicyclic amines) is 1. The summed E-state index contributed by atoms with van der Waals surface area (Å²) in [6, 6.07) is 0.658. The molecule has 90 valence electrons. The van der Waals surface area contributed by atoms with E-state index in [4.69, 9.17) is 11.0 Å². The first kappa shape index (κ1) is 12.9. The predicted octanol–water partition coefficient (Wildman–Crippen LogP) is 0.822. The summed E-state index contributed by atoms with van der Waals surface area (Å²) in [5.41, 5.74) is 5.79. The van der Waals surface area contributed by atoms with Gasteiger partial charge in [-0.3, -0.25) is 4.79 Å². The van der Waals surface area contributed by atoms with E-state index in [1.807, 2.05) is 19.9 Å². The Kier molecular flexibility index (Phi) is 4.25. The highest BCUT2D eigenvalue weighted by Crippen LogP contribution is 2.22. The number of nitrogens with zero attached hydrogens (tertiary/aromatic N) is 2. The second-order valence-corrected chi connectivity index (χ2v) is 4.38. The van der Waals surface area contributed by atoms with E-state index in [-0.39, 0.29) is 24.8 Å². The Hall–Kier alpha value is -1.15. The first-order valence-corrected chi connectivity index (χ1v) is 5.61. The summed E-state index contributed by atoms with van der Waals surface area (Å²) in [6.07, 6.45) is -0.204. The minimum atomic E-state index is -1.10. The lowest BCUT2D eigenvalue weighted by Crippen LogP contribution is -2.48. The molecule has 1 rings (SSSR count). The maximum atomic E-state index is 13.1. The minimum absolute atomic E-state index is 0.00118. The van der Waals surface area contributed by atoms with Gasteiger partial charge in [-0.05, 0) is 5.92 Å². The van der Waals surface area contributed by atoms with Crippen LogP contribution < -0.4 is 5.73 Å². The van der Waals surface area contributed by atoms with Crippen LogP contribution in [0.2, 0.25) is 0 Å². The number of amides is 1. The molecule has 4 atom stereocenters. The van der Waals surface area contributed by atoms with E-state index in [0.29, 0.717) is 0 Å². The van der Waals surface area contributed by atoms with Crippen molar-refractivity contribution in [2.24, 2.45) is 11.7 Å². The molecule has 0 aliphatic carbocycles. The molecule has 0 aromatic rings. The maximum absolute atomic E-state index is 13.1. The molecule has 0 spiro atoms. The Morgan fingerprint density at radius 1 is 1.75 bits per heavy atom. The third-order valence-corrected chi connectivity index (χ3v) is 3.22. The van der Waals surface area contributed by atoms with Gasteiger partial charge in [-0.2, -0.15) is 5.26 Å². The molecule has 1 aliphatic heterocycles. The van der Waals surface area contributed by atoms with Crippen LogP contribution in [-0.4, -0.2) is 35.6 Å². The zero-order valence-corrected chi connectivity index (χ0v) is 9.69. The van der Waals surface area contributed by atoms with Gasteiger partial charge in [0, 0.05) is 6.42 Å². The molecule has 1 fully saturated rings. The maximum Gasteiger partial charge on any atom is 0.240 e. The molecule has 0 radical (unpaired) electrons. The molecule has 2 N–H and O–H groups in total. The van der Waals surface area contributed by atoms with Gasteiger partial charge in [0.2, 0.25) is 5.91 Å². The van der Waals surface area contributed by atoms with Gasteiger partial charge < -0.3 is 10.6 Å². The largest absolute Gasteiger partial charge is 0.322 e. The average Bonchev–Trinajstić information content (AvgIpc) is 2.67. The lowest BCUT2D eigenvalue weighted by atomic mass is 9.99. The SMILES string of the molecule is CC[C@H](C)[C@H](N)C(=O)N1C[C@@H](F)CC1C#N. The Morgan fingerprint density at radius 2 is 2.38 bits per heavy atom. The monoisotopic (exact) mass is 227 g/mol. The second-order valence-electron chi connectivity index (χ2n) is 4.38. The van der Waals surface area contributed by atoms with Crippen molar-refractivity contribution in [1.82, 2.24) is 4.90 Å². The van der Waals surface area contributed by atoms with Gasteiger partial charge in [-0.25, -0.2) is 4.39 Å². The molecule has 0 aromatic carbocycles. The fourth-order valence-electron chi connectivity index (χ4n) is 1.84. The summed E-state index contributed by atoms with van der Waals surface area (Å²) < 4.78 is 13.1. The van der Waals surface area contributed by atoms with Crippen LogP contribution in [0, 0.1) is 17.2 Å². The highest BCUT2D eigenvalue weighted by atomic mass is 19.1. The Bertz CT molecular complexity index is 302. The first-order valence-electron chi connectivity index (χ1n) is 5.61. The molecule has 0 bridgehead atoms. The van der Waals surface area contributed by atoms with E-state index in [1.54, 1.807) is 0 Å². The highest BCUT2D eigenvalue weighted by Gasteiger charge is 2.38. The molecule has 1 unspecified atom stereocenters. The van der Waals surface area contributed by atoms with Gasteiger partial charge in [0.05, 0.1) is 18.7 Å². The third kappa shape index (κ3) is 2.50. The standard InChI is InChI=1S/C11H18FN3O/c1-3-7(2)10(14)11(16)15-6-8(12)4-9(15)5-13/h7-10H,3-4,6,14H2,1-2H3/t7-,8-,9?,10-/m0/s1. The van der Waals surface area contributed by atoms with E-state index in [0.717, 1.165) is 6.42 Å². The van der Waals surface area contributed by atoms with Gasteiger partial charge in [0.1, 0.15) is 12.2 Å². The van der Waals surface area contributed by atoms with Crippen LogP contribution >= 0.6 is 0 Å². The number of rotatable bonds is 3. The van der Waals surface area contributed by atoms with Crippen LogP contribution in [0.1, 0.15) is 26.7 Å². The molecule has 4 nitrogen and oxygen atoms in total. The zero-order valence-electron chi connectivity index (χ0n) is 9.69. The zero-order chi connectivity index (χ0) is 12.3. The van der Waals surface area contributed by atoms with Crippen LogP contribution in [0.5, 0.6) is 0 Å². The molecule has 0 aromatic heterocycles. The molecular formula is C11H18FN3O. The van der Waals surface area contributed by atoms with Crippen molar-refractivity contribution in [3.8, 4) is 6.07 Å². The normalized spacial score (nSPS) is 28.6. The minimum Gasteiger partial charge on any atom is -0.322 e. The van der Waals surface area contributed by atoms with Crippen molar-refractivity contribution >= 4 is 5.91 Å². The average molecular weight is 227 g/mol. The van der Waals surface area contributed by atoms with Crippen LogP contribution in [-0.2, 0) is 4.79 Å². The topological polar surface area (TPSA) is 70.1 Å². The number of nitriles is 1. The van der Waals surface area contributed by atoms with Gasteiger partial charge in [-0.1, -0.05) is 20.3 Å². The summed E-state index contributed by atoms with van der Waals surface area (Å²) >= 11 is 0. The van der Waals surface area contributed by atoms with Gasteiger partial charge in [0.25, 0.3) is 0 Å². The number of hydrogen-bond acceptors (Lipinski definition) is 3. The molecule has 16 heavy (non-hydrogen) atoms. The van der Waals surface area contributed by atoms with Crippen LogP contribution in [0.4, 0.5) is 4.39 Å². The van der Waals surface area contributed by atoms with E-state index >= 15 is 0 Å². The third-order valence-electron chi connectivity index (χ3n) is 3.22. The molecule has 1 aliphatic rings. The lowest BCUT2D eigenvalue weighted by molar-refractivity contribution is -0.133. The summed E-state index contributed by atoms with van der Waals surface area (Å²) in [7, 11) is 0. The Morgan fingerprint density at radius 3 is 2.88 bits per heavy atom. The lowest BCUT2D eigenvalue weighted by Gasteiger charge is -2.25. The van der Waals surface area contributed by atoms with E-state index in [1.165, 1.54) is 4.90 Å². The molecule has 5 heteroatoms. The molecule has 0 saturated carbocycles. The Labute approximate surface area is 95.2 Å². The van der Waals surface area contributed by atoms with Crippen molar-refractivity contribution in [2.45, 2.75) is 44.9 Å². The van der Waals surface area contributed by atoms with Crippen molar-refractivity contribution < 1.29 is 9.18 Å². The number of carbonyl (C=O) groups is 1. The fraction of sp³-hybridized carbons (Fsp3) is 0.818. The summed E-state index contributed by atoms with van der Waals surface area (Å²) in [6.45, 7) is 3.83. The van der Waals surface area contributed by atoms with Crippen molar-refractivity contribution in [3.63, 3.8) is 0 Å². The highest BCUT2D eigenvalue weighted by molar-refractivity contribution is 5.83. The Balaban J connectivity index is 2.70. The van der Waals surface area contributed by atoms with Gasteiger partial charge in [0.15, 0.2) is 0 Å². The molecular weight excluding hydrogens is 209 g/mol. The van der Waals surface area contributed by atoms with E-state index in [2.05, 4.69) is 0 Å². The fourth-order valence-corrected chi connectivity index (χ4v) is 1.84. The van der Waals surface area contributed by atoms with Gasteiger partial charge in [-0.15, -0.1) is 0 Å². The number of alkyl halides is 1. The molecule has 1 saturated heterocycles. The summed E-state index contributed by atoms with van der Waals surface area (Å²) in [5, 5.41) is 8.83. The van der Waals surface area contributed by atoms with Crippen molar-refractivity contribution in [2.75, 3.05) is 6.54 Å². The van der Waals surface area contributed by atoms with Crippen molar-refractivity contribution in [3.05, 3.63) is 0 Å². The van der Waals surface area contributed by atoms with Gasteiger partial charge >= 0.3 is 0 Å². The summed E-state index contributed by atoms with van der Waals surface area (Å²) in [4.78, 5) is 13.2. The smallest absolute Gasteiger partial charge is 0.240 e. The van der Waals surface area contributed by atoms with E-state index in [9.17, 15) is 9.18 Å².